The van der Waals surface area contributed by atoms with E-state index in [0.717, 1.165) is 0 Å². The maximum absolute atomic E-state index is 12.6. The fourth-order valence-corrected chi connectivity index (χ4v) is 3.12. The molecule has 8 heteroatoms. The average Bonchev–Trinajstić information content (AvgIpc) is 3.28. The summed E-state index contributed by atoms with van der Waals surface area (Å²) in [6.07, 6.45) is 1.40. The third-order valence-corrected chi connectivity index (χ3v) is 4.45. The Balaban J connectivity index is 1.47. The average molecular weight is 414 g/mol. The van der Waals surface area contributed by atoms with E-state index in [2.05, 4.69) is 5.32 Å². The topological polar surface area (TPSA) is 87.0 Å². The van der Waals surface area contributed by atoms with Gasteiger partial charge in [0.25, 0.3) is 5.91 Å². The minimum Gasteiger partial charge on any atom is -0.486 e. The Bertz CT molecular complexity index is 1050. The van der Waals surface area contributed by atoms with Gasteiger partial charge in [-0.2, -0.15) is 0 Å². The van der Waals surface area contributed by atoms with Gasteiger partial charge in [0.2, 0.25) is 0 Å². The summed E-state index contributed by atoms with van der Waals surface area (Å²) in [4.78, 5) is 24.8. The number of amides is 1. The number of hydrogen-bond donors (Lipinski definition) is 1. The number of ether oxygens (including phenoxy) is 3. The summed E-state index contributed by atoms with van der Waals surface area (Å²) in [5, 5.41) is 3.04. The lowest BCUT2D eigenvalue weighted by atomic mass is 10.1. The molecule has 0 unspecified atom stereocenters. The molecule has 0 bridgehead atoms. The molecular weight excluding hydrogens is 398 g/mol. The van der Waals surface area contributed by atoms with Crippen molar-refractivity contribution < 1.29 is 28.2 Å². The summed E-state index contributed by atoms with van der Waals surface area (Å²) in [7, 11) is 0. The lowest BCUT2D eigenvalue weighted by Gasteiger charge is -2.20. The van der Waals surface area contributed by atoms with Crippen LogP contribution in [0.4, 0.5) is 5.69 Å². The fourth-order valence-electron chi connectivity index (χ4n) is 2.84. The van der Waals surface area contributed by atoms with Crippen LogP contribution in [0.25, 0.3) is 0 Å². The third kappa shape index (κ3) is 4.20. The number of carbonyl (C=O) groups excluding carboxylic acids is 2. The van der Waals surface area contributed by atoms with Crippen LogP contribution >= 0.6 is 11.6 Å². The molecule has 29 heavy (non-hydrogen) atoms. The molecule has 1 aromatic heterocycles. The first kappa shape index (κ1) is 18.9. The van der Waals surface area contributed by atoms with E-state index in [1.54, 1.807) is 42.5 Å². The van der Waals surface area contributed by atoms with Gasteiger partial charge in [0.05, 0.1) is 22.5 Å². The number of hydrogen-bond acceptors (Lipinski definition) is 6. The maximum atomic E-state index is 12.6. The number of rotatable bonds is 5. The molecule has 0 spiro atoms. The van der Waals surface area contributed by atoms with Crippen LogP contribution < -0.4 is 14.8 Å². The Hall–Kier alpha value is -3.45. The molecule has 0 fully saturated rings. The van der Waals surface area contributed by atoms with Crippen molar-refractivity contribution in [1.82, 2.24) is 0 Å². The minimum atomic E-state index is -0.591. The number of para-hydroxylation sites is 1. The van der Waals surface area contributed by atoms with Gasteiger partial charge in [-0.3, -0.25) is 4.79 Å². The van der Waals surface area contributed by atoms with Crippen LogP contribution in [0.1, 0.15) is 26.5 Å². The van der Waals surface area contributed by atoms with Crippen LogP contribution in [0.2, 0.25) is 5.02 Å². The number of halogens is 1. The molecule has 2 aromatic carbocycles. The SMILES string of the molecule is O=C(Nc1ccccc1C(=O)OCc1cc(Cl)c2c(c1)OCCO2)c1ccco1. The Morgan fingerprint density at radius 1 is 1.07 bits per heavy atom. The molecule has 1 aliphatic heterocycles. The standard InChI is InChI=1S/C21H16ClNO6/c22-15-10-13(11-18-19(15)28-9-8-27-18)12-29-21(25)14-4-1-2-5-16(14)23-20(24)17-6-3-7-26-17/h1-7,10-11H,8-9,12H2,(H,23,24). The summed E-state index contributed by atoms with van der Waals surface area (Å²) < 4.78 is 21.5. The summed E-state index contributed by atoms with van der Waals surface area (Å²) in [6.45, 7) is 0.840. The van der Waals surface area contributed by atoms with Crippen LogP contribution in [0, 0.1) is 0 Å². The Labute approximate surface area is 171 Å². The van der Waals surface area contributed by atoms with Crippen LogP contribution in [0.3, 0.4) is 0 Å². The van der Waals surface area contributed by atoms with Gasteiger partial charge in [0.1, 0.15) is 19.8 Å². The van der Waals surface area contributed by atoms with Gasteiger partial charge in [-0.05, 0) is 42.0 Å². The number of nitrogens with one attached hydrogen (secondary N) is 1. The zero-order valence-corrected chi connectivity index (χ0v) is 15.9. The molecule has 0 saturated heterocycles. The van der Waals surface area contributed by atoms with Gasteiger partial charge < -0.3 is 23.9 Å². The van der Waals surface area contributed by atoms with Crippen molar-refractivity contribution in [2.24, 2.45) is 0 Å². The lowest BCUT2D eigenvalue weighted by Crippen LogP contribution is -2.16. The van der Waals surface area contributed by atoms with Crippen LogP contribution in [-0.2, 0) is 11.3 Å². The number of benzene rings is 2. The largest absolute Gasteiger partial charge is 0.486 e. The molecule has 4 rings (SSSR count). The van der Waals surface area contributed by atoms with Crippen molar-refractivity contribution in [3.63, 3.8) is 0 Å². The van der Waals surface area contributed by atoms with Gasteiger partial charge in [-0.1, -0.05) is 23.7 Å². The van der Waals surface area contributed by atoms with E-state index < -0.39 is 11.9 Å². The van der Waals surface area contributed by atoms with E-state index >= 15 is 0 Å². The minimum absolute atomic E-state index is 0.0182. The van der Waals surface area contributed by atoms with E-state index in [1.807, 2.05) is 0 Å². The molecule has 0 aliphatic carbocycles. The van der Waals surface area contributed by atoms with Crippen molar-refractivity contribution in [2.45, 2.75) is 6.61 Å². The van der Waals surface area contributed by atoms with Crippen LogP contribution in [0.15, 0.2) is 59.2 Å². The second kappa shape index (κ2) is 8.28. The Morgan fingerprint density at radius 3 is 2.72 bits per heavy atom. The molecule has 3 aromatic rings. The smallest absolute Gasteiger partial charge is 0.340 e. The van der Waals surface area contributed by atoms with Gasteiger partial charge in [-0.15, -0.1) is 0 Å². The van der Waals surface area contributed by atoms with Gasteiger partial charge >= 0.3 is 5.97 Å². The molecule has 0 radical (unpaired) electrons. The summed E-state index contributed by atoms with van der Waals surface area (Å²) in [5.41, 5.74) is 1.19. The van der Waals surface area contributed by atoms with Crippen molar-refractivity contribution >= 4 is 29.2 Å². The van der Waals surface area contributed by atoms with Gasteiger partial charge in [0.15, 0.2) is 17.3 Å². The molecular formula is C21H16ClNO6. The van der Waals surface area contributed by atoms with Crippen molar-refractivity contribution in [3.05, 3.63) is 76.7 Å². The van der Waals surface area contributed by atoms with Crippen LogP contribution in [0.5, 0.6) is 11.5 Å². The molecule has 2 heterocycles. The number of carbonyl (C=O) groups is 2. The first-order valence-corrected chi connectivity index (χ1v) is 9.18. The van der Waals surface area contributed by atoms with Gasteiger partial charge in [-0.25, -0.2) is 4.79 Å². The zero-order chi connectivity index (χ0) is 20.2. The summed E-state index contributed by atoms with van der Waals surface area (Å²) >= 11 is 6.21. The molecule has 7 nitrogen and oxygen atoms in total. The highest BCUT2D eigenvalue weighted by Gasteiger charge is 2.19. The molecule has 0 saturated carbocycles. The van der Waals surface area contributed by atoms with Gasteiger partial charge in [0, 0.05) is 0 Å². The predicted molar refractivity (Wildman–Crippen MR) is 105 cm³/mol. The first-order valence-electron chi connectivity index (χ1n) is 8.81. The monoisotopic (exact) mass is 413 g/mol. The molecule has 148 valence electrons. The number of fused-ring (bicyclic) bond motifs is 1. The van der Waals surface area contributed by atoms with Crippen molar-refractivity contribution in [2.75, 3.05) is 18.5 Å². The van der Waals surface area contributed by atoms with Crippen LogP contribution in [-0.4, -0.2) is 25.1 Å². The summed E-state index contributed by atoms with van der Waals surface area (Å²) in [5.74, 6) is 0.0826. The highest BCUT2D eigenvalue weighted by Crippen LogP contribution is 2.38. The lowest BCUT2D eigenvalue weighted by molar-refractivity contribution is 0.0473. The van der Waals surface area contributed by atoms with E-state index in [4.69, 9.17) is 30.2 Å². The maximum Gasteiger partial charge on any atom is 0.340 e. The quantitative estimate of drug-likeness (QED) is 0.627. The van der Waals surface area contributed by atoms with Crippen molar-refractivity contribution in [3.8, 4) is 11.5 Å². The highest BCUT2D eigenvalue weighted by molar-refractivity contribution is 6.32. The van der Waals surface area contributed by atoms with E-state index in [9.17, 15) is 9.59 Å². The van der Waals surface area contributed by atoms with E-state index in [0.29, 0.717) is 41.0 Å². The Morgan fingerprint density at radius 2 is 1.90 bits per heavy atom. The second-order valence-electron chi connectivity index (χ2n) is 6.15. The third-order valence-electron chi connectivity index (χ3n) is 4.17. The number of esters is 1. The fraction of sp³-hybridized carbons (Fsp3) is 0.143. The first-order chi connectivity index (χ1) is 14.1. The zero-order valence-electron chi connectivity index (χ0n) is 15.1. The number of anilines is 1. The Kier molecular flexibility index (Phi) is 5.39. The van der Waals surface area contributed by atoms with Crippen molar-refractivity contribution in [1.29, 1.82) is 0 Å². The highest BCUT2D eigenvalue weighted by atomic mass is 35.5. The molecule has 1 aliphatic rings. The van der Waals surface area contributed by atoms with E-state index in [1.165, 1.54) is 12.3 Å². The van der Waals surface area contributed by atoms with E-state index in [-0.39, 0.29) is 17.9 Å². The number of furan rings is 1. The normalized spacial score (nSPS) is 12.3. The molecule has 1 amide bonds. The predicted octanol–water partition coefficient (Wildman–Crippen LogP) is 4.31. The molecule has 0 atom stereocenters. The second-order valence-corrected chi connectivity index (χ2v) is 6.56. The molecule has 1 N–H and O–H groups in total. The summed E-state index contributed by atoms with van der Waals surface area (Å²) in [6, 6.07) is 13.1.